The van der Waals surface area contributed by atoms with E-state index in [1.807, 2.05) is 30.0 Å². The number of aliphatic hydroxyl groups is 1. The van der Waals surface area contributed by atoms with Crippen molar-refractivity contribution in [3.8, 4) is 0 Å². The number of anilines is 1. The molecule has 1 aliphatic heterocycles. The van der Waals surface area contributed by atoms with E-state index in [1.54, 1.807) is 6.92 Å². The molecule has 2 unspecified atom stereocenters. The van der Waals surface area contributed by atoms with E-state index in [2.05, 4.69) is 18.7 Å². The van der Waals surface area contributed by atoms with Crippen molar-refractivity contribution < 1.29 is 5.11 Å². The van der Waals surface area contributed by atoms with Gasteiger partial charge in [0.1, 0.15) is 0 Å². The molecule has 1 fully saturated rings. The van der Waals surface area contributed by atoms with Crippen LogP contribution in [0.4, 0.5) is 5.69 Å². The normalized spacial score (nSPS) is 26.2. The van der Waals surface area contributed by atoms with E-state index in [4.69, 9.17) is 11.6 Å². The zero-order chi connectivity index (χ0) is 13.3. The molecule has 1 N–H and O–H groups in total. The Labute approximate surface area is 118 Å². The lowest BCUT2D eigenvalue weighted by Gasteiger charge is -2.39. The zero-order valence-electron chi connectivity index (χ0n) is 11.1. The molecule has 18 heavy (non-hydrogen) atoms. The topological polar surface area (TPSA) is 23.5 Å². The van der Waals surface area contributed by atoms with Crippen LogP contribution >= 0.6 is 23.4 Å². The number of aliphatic hydroxyl groups excluding tert-OH is 1. The SMILES string of the molecule is CC1SCCN(c2ccc([C@@H](C)O)cc2Cl)C1C. The number of benzene rings is 1. The molecule has 0 saturated carbocycles. The summed E-state index contributed by atoms with van der Waals surface area (Å²) >= 11 is 8.37. The maximum absolute atomic E-state index is 9.57. The molecule has 3 atom stereocenters. The molecule has 0 amide bonds. The van der Waals surface area contributed by atoms with E-state index < -0.39 is 6.10 Å². The lowest BCUT2D eigenvalue weighted by Crippen LogP contribution is -2.44. The Balaban J connectivity index is 2.27. The van der Waals surface area contributed by atoms with E-state index in [9.17, 15) is 5.11 Å². The first-order chi connectivity index (χ1) is 8.50. The van der Waals surface area contributed by atoms with Crippen molar-refractivity contribution in [1.82, 2.24) is 0 Å². The fourth-order valence-corrected chi connectivity index (χ4v) is 3.69. The second kappa shape index (κ2) is 5.72. The van der Waals surface area contributed by atoms with E-state index in [0.29, 0.717) is 11.3 Å². The molecule has 1 aromatic carbocycles. The van der Waals surface area contributed by atoms with Gasteiger partial charge in [-0.2, -0.15) is 11.8 Å². The standard InChI is InChI=1S/C14H20ClNOS/c1-9-11(3)18-7-6-16(9)14-5-4-12(10(2)17)8-13(14)15/h4-5,8-11,17H,6-7H2,1-3H3/t9?,10-,11?/m1/s1. The van der Waals surface area contributed by atoms with Crippen LogP contribution in [0, 0.1) is 0 Å². The molecule has 1 heterocycles. The van der Waals surface area contributed by atoms with E-state index in [1.165, 1.54) is 0 Å². The number of nitrogens with zero attached hydrogens (tertiary/aromatic N) is 1. The third-order valence-electron chi connectivity index (χ3n) is 3.65. The summed E-state index contributed by atoms with van der Waals surface area (Å²) in [6.45, 7) is 7.30. The predicted octanol–water partition coefficient (Wildman–Crippen LogP) is 3.72. The Bertz CT molecular complexity index is 424. The van der Waals surface area contributed by atoms with Crippen molar-refractivity contribution in [2.24, 2.45) is 0 Å². The maximum atomic E-state index is 9.57. The quantitative estimate of drug-likeness (QED) is 0.896. The summed E-state index contributed by atoms with van der Waals surface area (Å²) < 4.78 is 0. The van der Waals surface area contributed by atoms with Gasteiger partial charge in [-0.1, -0.05) is 24.6 Å². The molecule has 0 aliphatic carbocycles. The summed E-state index contributed by atoms with van der Waals surface area (Å²) in [5.41, 5.74) is 1.96. The van der Waals surface area contributed by atoms with Gasteiger partial charge >= 0.3 is 0 Å². The van der Waals surface area contributed by atoms with Gasteiger partial charge in [0.25, 0.3) is 0 Å². The van der Waals surface area contributed by atoms with Crippen LogP contribution in [0.2, 0.25) is 5.02 Å². The first-order valence-corrected chi connectivity index (χ1v) is 7.79. The van der Waals surface area contributed by atoms with Gasteiger partial charge in [0, 0.05) is 23.6 Å². The largest absolute Gasteiger partial charge is 0.389 e. The van der Waals surface area contributed by atoms with Crippen LogP contribution in [0.25, 0.3) is 0 Å². The lowest BCUT2D eigenvalue weighted by atomic mass is 10.1. The highest BCUT2D eigenvalue weighted by Gasteiger charge is 2.26. The number of thioether (sulfide) groups is 1. The van der Waals surface area contributed by atoms with Gasteiger partial charge in [-0.05, 0) is 31.5 Å². The average molecular weight is 286 g/mol. The molecular formula is C14H20ClNOS. The summed E-state index contributed by atoms with van der Waals surface area (Å²) in [6, 6.07) is 6.36. The molecule has 2 nitrogen and oxygen atoms in total. The number of hydrogen-bond donors (Lipinski definition) is 1. The summed E-state index contributed by atoms with van der Waals surface area (Å²) in [4.78, 5) is 2.37. The minimum absolute atomic E-state index is 0.468. The first kappa shape index (κ1) is 14.0. The Hall–Kier alpha value is -0.380. The monoisotopic (exact) mass is 285 g/mol. The zero-order valence-corrected chi connectivity index (χ0v) is 12.6. The minimum atomic E-state index is -0.468. The molecule has 1 aliphatic rings. The smallest absolute Gasteiger partial charge is 0.0762 e. The lowest BCUT2D eigenvalue weighted by molar-refractivity contribution is 0.199. The van der Waals surface area contributed by atoms with Crippen LogP contribution in [-0.2, 0) is 0 Å². The van der Waals surface area contributed by atoms with E-state index in [-0.39, 0.29) is 0 Å². The second-order valence-electron chi connectivity index (χ2n) is 4.90. The molecule has 1 saturated heterocycles. The van der Waals surface area contributed by atoms with Crippen LogP contribution in [0.1, 0.15) is 32.4 Å². The summed E-state index contributed by atoms with van der Waals surface area (Å²) in [5.74, 6) is 1.14. The van der Waals surface area contributed by atoms with Gasteiger partial charge in [-0.15, -0.1) is 0 Å². The Morgan fingerprint density at radius 3 is 2.78 bits per heavy atom. The summed E-state index contributed by atoms with van der Waals surface area (Å²) in [6.07, 6.45) is -0.468. The Morgan fingerprint density at radius 1 is 1.44 bits per heavy atom. The summed E-state index contributed by atoms with van der Waals surface area (Å²) in [5, 5.41) is 10.9. The molecule has 4 heteroatoms. The number of hydrogen-bond acceptors (Lipinski definition) is 3. The highest BCUT2D eigenvalue weighted by atomic mass is 35.5. The molecule has 2 rings (SSSR count). The van der Waals surface area contributed by atoms with Crippen molar-refractivity contribution in [3.05, 3.63) is 28.8 Å². The fourth-order valence-electron chi connectivity index (χ4n) is 2.29. The fraction of sp³-hybridized carbons (Fsp3) is 0.571. The molecular weight excluding hydrogens is 266 g/mol. The Kier molecular flexibility index (Phi) is 4.46. The van der Waals surface area contributed by atoms with Gasteiger partial charge in [-0.3, -0.25) is 0 Å². The van der Waals surface area contributed by atoms with Crippen molar-refractivity contribution in [1.29, 1.82) is 0 Å². The number of halogens is 1. The molecule has 100 valence electrons. The molecule has 1 aromatic rings. The van der Waals surface area contributed by atoms with Crippen LogP contribution in [-0.4, -0.2) is 28.7 Å². The van der Waals surface area contributed by atoms with Crippen LogP contribution in [0.5, 0.6) is 0 Å². The van der Waals surface area contributed by atoms with Gasteiger partial charge in [-0.25, -0.2) is 0 Å². The predicted molar refractivity (Wildman–Crippen MR) is 80.8 cm³/mol. The summed E-state index contributed by atoms with van der Waals surface area (Å²) in [7, 11) is 0. The second-order valence-corrected chi connectivity index (χ2v) is 6.79. The maximum Gasteiger partial charge on any atom is 0.0762 e. The van der Waals surface area contributed by atoms with Crippen LogP contribution < -0.4 is 4.90 Å². The molecule has 0 spiro atoms. The highest BCUT2D eigenvalue weighted by Crippen LogP contribution is 2.34. The van der Waals surface area contributed by atoms with E-state index in [0.717, 1.165) is 28.6 Å². The third kappa shape index (κ3) is 2.79. The Morgan fingerprint density at radius 2 is 2.17 bits per heavy atom. The van der Waals surface area contributed by atoms with Gasteiger partial charge in [0.05, 0.1) is 16.8 Å². The molecule has 0 radical (unpaired) electrons. The van der Waals surface area contributed by atoms with Crippen molar-refractivity contribution in [2.75, 3.05) is 17.2 Å². The van der Waals surface area contributed by atoms with E-state index >= 15 is 0 Å². The average Bonchev–Trinajstić information content (AvgIpc) is 2.33. The van der Waals surface area contributed by atoms with Gasteiger partial charge in [0.2, 0.25) is 0 Å². The van der Waals surface area contributed by atoms with Crippen molar-refractivity contribution in [3.63, 3.8) is 0 Å². The number of rotatable bonds is 2. The van der Waals surface area contributed by atoms with Crippen molar-refractivity contribution in [2.45, 2.75) is 38.2 Å². The molecule has 0 bridgehead atoms. The van der Waals surface area contributed by atoms with Crippen LogP contribution in [0.15, 0.2) is 18.2 Å². The molecule has 0 aromatic heterocycles. The highest BCUT2D eigenvalue weighted by molar-refractivity contribution is 8.00. The first-order valence-electron chi connectivity index (χ1n) is 6.36. The van der Waals surface area contributed by atoms with Gasteiger partial charge in [0.15, 0.2) is 0 Å². The van der Waals surface area contributed by atoms with Crippen LogP contribution in [0.3, 0.4) is 0 Å². The van der Waals surface area contributed by atoms with Gasteiger partial charge < -0.3 is 10.0 Å². The minimum Gasteiger partial charge on any atom is -0.389 e. The third-order valence-corrected chi connectivity index (χ3v) is 5.29. The van der Waals surface area contributed by atoms with Crippen molar-refractivity contribution >= 4 is 29.1 Å².